The molecule has 1 aromatic heterocycles. The lowest BCUT2D eigenvalue weighted by Gasteiger charge is -2.09. The molecule has 0 unspecified atom stereocenters. The van der Waals surface area contributed by atoms with E-state index in [1.54, 1.807) is 29.8 Å². The third-order valence-corrected chi connectivity index (χ3v) is 4.56. The highest BCUT2D eigenvalue weighted by Gasteiger charge is 2.16. The molecule has 4 nitrogen and oxygen atoms in total. The summed E-state index contributed by atoms with van der Waals surface area (Å²) in [5.41, 5.74) is 4.74. The van der Waals surface area contributed by atoms with Gasteiger partial charge in [-0.1, -0.05) is 11.6 Å². The summed E-state index contributed by atoms with van der Waals surface area (Å²) in [6.07, 6.45) is 0.197. The van der Waals surface area contributed by atoms with E-state index < -0.39 is 0 Å². The van der Waals surface area contributed by atoms with E-state index in [4.69, 9.17) is 11.6 Å². The molecule has 1 heterocycles. The van der Waals surface area contributed by atoms with Gasteiger partial charge in [0.2, 0.25) is 5.91 Å². The van der Waals surface area contributed by atoms with Crippen molar-refractivity contribution in [3.63, 3.8) is 0 Å². The van der Waals surface area contributed by atoms with Crippen molar-refractivity contribution in [3.8, 4) is 5.69 Å². The van der Waals surface area contributed by atoms with Gasteiger partial charge in [0.15, 0.2) is 0 Å². The van der Waals surface area contributed by atoms with Crippen molar-refractivity contribution in [1.29, 1.82) is 0 Å². The predicted molar refractivity (Wildman–Crippen MR) is 102 cm³/mol. The molecule has 1 amide bonds. The minimum atomic E-state index is -0.323. The van der Waals surface area contributed by atoms with Gasteiger partial charge in [0.05, 0.1) is 17.8 Å². The van der Waals surface area contributed by atoms with E-state index in [1.165, 1.54) is 12.1 Å². The molecule has 0 aliphatic carbocycles. The van der Waals surface area contributed by atoms with Crippen LogP contribution in [0.2, 0.25) is 5.02 Å². The van der Waals surface area contributed by atoms with Crippen molar-refractivity contribution in [2.45, 2.75) is 27.2 Å². The van der Waals surface area contributed by atoms with Crippen LogP contribution in [0.15, 0.2) is 42.5 Å². The monoisotopic (exact) mass is 371 g/mol. The molecule has 0 saturated heterocycles. The Bertz CT molecular complexity index is 964. The summed E-state index contributed by atoms with van der Waals surface area (Å²) in [6, 6.07) is 11.7. The van der Waals surface area contributed by atoms with Gasteiger partial charge in [0.25, 0.3) is 0 Å². The average Bonchev–Trinajstić information content (AvgIpc) is 2.86. The Balaban J connectivity index is 1.81. The zero-order chi connectivity index (χ0) is 18.8. The summed E-state index contributed by atoms with van der Waals surface area (Å²) in [5, 5.41) is 8.04. The van der Waals surface area contributed by atoms with Gasteiger partial charge in [-0.2, -0.15) is 5.10 Å². The van der Waals surface area contributed by atoms with Crippen LogP contribution in [0.3, 0.4) is 0 Å². The van der Waals surface area contributed by atoms with Crippen LogP contribution in [0.1, 0.15) is 22.5 Å². The van der Waals surface area contributed by atoms with E-state index in [2.05, 4.69) is 10.4 Å². The van der Waals surface area contributed by atoms with Gasteiger partial charge in [0, 0.05) is 22.0 Å². The molecule has 0 fully saturated rings. The van der Waals surface area contributed by atoms with Crippen molar-refractivity contribution >= 4 is 23.2 Å². The number of halogens is 2. The second-order valence-corrected chi connectivity index (χ2v) is 6.66. The van der Waals surface area contributed by atoms with Gasteiger partial charge in [-0.3, -0.25) is 4.79 Å². The molecule has 3 aromatic rings. The molecule has 0 aliphatic rings. The molecule has 26 heavy (non-hydrogen) atoms. The van der Waals surface area contributed by atoms with Crippen LogP contribution in [0.4, 0.5) is 10.1 Å². The van der Waals surface area contributed by atoms with Crippen molar-refractivity contribution in [3.05, 3.63) is 75.8 Å². The molecular weight excluding hydrogens is 353 g/mol. The second kappa shape index (κ2) is 7.30. The fraction of sp³-hybridized carbons (Fsp3) is 0.200. The highest BCUT2D eigenvalue weighted by molar-refractivity contribution is 6.30. The highest BCUT2D eigenvalue weighted by atomic mass is 35.5. The van der Waals surface area contributed by atoms with Gasteiger partial charge in [-0.15, -0.1) is 0 Å². The Labute approximate surface area is 156 Å². The first kappa shape index (κ1) is 18.1. The van der Waals surface area contributed by atoms with Crippen LogP contribution >= 0.6 is 11.6 Å². The molecule has 0 atom stereocenters. The topological polar surface area (TPSA) is 46.9 Å². The minimum absolute atomic E-state index is 0.165. The van der Waals surface area contributed by atoms with Crippen LogP contribution in [0.5, 0.6) is 0 Å². The second-order valence-electron chi connectivity index (χ2n) is 6.22. The molecule has 3 rings (SSSR count). The average molecular weight is 372 g/mol. The highest BCUT2D eigenvalue weighted by Crippen LogP contribution is 2.21. The first-order chi connectivity index (χ1) is 12.3. The Morgan fingerprint density at radius 3 is 2.50 bits per heavy atom. The SMILES string of the molecule is Cc1cc(F)ccc1NC(=O)Cc1c(C)nn(-c2ccc(Cl)cc2)c1C. The number of hydrogen-bond acceptors (Lipinski definition) is 2. The van der Waals surface area contributed by atoms with Gasteiger partial charge in [-0.05, 0) is 68.8 Å². The Kier molecular flexibility index (Phi) is 5.09. The number of carbonyl (C=O) groups excluding carboxylic acids is 1. The van der Waals surface area contributed by atoms with E-state index in [0.717, 1.165) is 22.6 Å². The smallest absolute Gasteiger partial charge is 0.228 e. The maximum absolute atomic E-state index is 13.2. The molecule has 1 N–H and O–H groups in total. The van der Waals surface area contributed by atoms with Crippen molar-refractivity contribution < 1.29 is 9.18 Å². The number of hydrogen-bond donors (Lipinski definition) is 1. The van der Waals surface area contributed by atoms with Gasteiger partial charge in [-0.25, -0.2) is 9.07 Å². The van der Waals surface area contributed by atoms with E-state index in [0.29, 0.717) is 16.3 Å². The molecule has 2 aromatic carbocycles. The number of rotatable bonds is 4. The number of benzene rings is 2. The summed E-state index contributed by atoms with van der Waals surface area (Å²) in [5.74, 6) is -0.488. The zero-order valence-electron chi connectivity index (χ0n) is 14.8. The van der Waals surface area contributed by atoms with Gasteiger partial charge < -0.3 is 5.32 Å². The Morgan fingerprint density at radius 1 is 1.15 bits per heavy atom. The van der Waals surface area contributed by atoms with Crippen LogP contribution in [0, 0.1) is 26.6 Å². The lowest BCUT2D eigenvalue weighted by atomic mass is 10.1. The first-order valence-electron chi connectivity index (χ1n) is 8.22. The molecule has 6 heteroatoms. The summed E-state index contributed by atoms with van der Waals surface area (Å²) in [6.45, 7) is 5.57. The summed E-state index contributed by atoms with van der Waals surface area (Å²) in [7, 11) is 0. The number of nitrogens with one attached hydrogen (secondary N) is 1. The molecule has 134 valence electrons. The molecule has 0 bridgehead atoms. The van der Waals surface area contributed by atoms with Crippen LogP contribution in [-0.2, 0) is 11.2 Å². The normalized spacial score (nSPS) is 10.8. The number of aryl methyl sites for hydroxylation is 2. The van der Waals surface area contributed by atoms with E-state index in [1.807, 2.05) is 26.0 Å². The Hall–Kier alpha value is -2.66. The van der Waals surface area contributed by atoms with E-state index in [-0.39, 0.29) is 18.1 Å². The molecule has 0 aliphatic heterocycles. The number of anilines is 1. The number of nitrogens with zero attached hydrogens (tertiary/aromatic N) is 2. The van der Waals surface area contributed by atoms with Crippen LogP contribution in [0.25, 0.3) is 5.69 Å². The first-order valence-corrected chi connectivity index (χ1v) is 8.60. The quantitative estimate of drug-likeness (QED) is 0.718. The Morgan fingerprint density at radius 2 is 1.85 bits per heavy atom. The molecular formula is C20H19ClFN3O. The van der Waals surface area contributed by atoms with E-state index >= 15 is 0 Å². The zero-order valence-corrected chi connectivity index (χ0v) is 15.6. The predicted octanol–water partition coefficient (Wildman–Crippen LogP) is 4.77. The van der Waals surface area contributed by atoms with Gasteiger partial charge in [0.1, 0.15) is 5.82 Å². The third-order valence-electron chi connectivity index (χ3n) is 4.31. The number of amides is 1. The molecule has 0 radical (unpaired) electrons. The summed E-state index contributed by atoms with van der Waals surface area (Å²) < 4.78 is 15.0. The van der Waals surface area contributed by atoms with Crippen molar-refractivity contribution in [2.75, 3.05) is 5.32 Å². The lowest BCUT2D eigenvalue weighted by molar-refractivity contribution is -0.115. The van der Waals surface area contributed by atoms with Crippen molar-refractivity contribution in [2.24, 2.45) is 0 Å². The third kappa shape index (κ3) is 3.78. The number of carbonyl (C=O) groups is 1. The van der Waals surface area contributed by atoms with Crippen LogP contribution in [-0.4, -0.2) is 15.7 Å². The lowest BCUT2D eigenvalue weighted by Crippen LogP contribution is -2.16. The molecule has 0 spiro atoms. The van der Waals surface area contributed by atoms with Crippen LogP contribution < -0.4 is 5.32 Å². The fourth-order valence-electron chi connectivity index (χ4n) is 2.89. The van der Waals surface area contributed by atoms with Gasteiger partial charge >= 0.3 is 0 Å². The minimum Gasteiger partial charge on any atom is -0.326 e. The maximum Gasteiger partial charge on any atom is 0.228 e. The molecule has 0 saturated carbocycles. The fourth-order valence-corrected chi connectivity index (χ4v) is 3.01. The summed E-state index contributed by atoms with van der Waals surface area (Å²) in [4.78, 5) is 12.5. The largest absolute Gasteiger partial charge is 0.326 e. The number of aromatic nitrogens is 2. The standard InChI is InChI=1S/C20H19ClFN3O/c1-12-10-16(22)6-9-19(12)23-20(26)11-18-13(2)24-25(14(18)3)17-7-4-15(21)5-8-17/h4-10H,11H2,1-3H3,(H,23,26). The summed E-state index contributed by atoms with van der Waals surface area (Å²) >= 11 is 5.94. The van der Waals surface area contributed by atoms with Crippen molar-refractivity contribution in [1.82, 2.24) is 9.78 Å². The maximum atomic E-state index is 13.2. The van der Waals surface area contributed by atoms with E-state index in [9.17, 15) is 9.18 Å².